The first-order valence-corrected chi connectivity index (χ1v) is 11.2. The molecule has 1 atom stereocenters. The van der Waals surface area contributed by atoms with Crippen molar-refractivity contribution in [2.75, 3.05) is 0 Å². The average Bonchev–Trinajstić information content (AvgIpc) is 3.22. The fourth-order valence-electron chi connectivity index (χ4n) is 4.18. The second kappa shape index (κ2) is 7.70. The van der Waals surface area contributed by atoms with Crippen LogP contribution in [0.15, 0.2) is 55.4 Å². The number of nitrogens with one attached hydrogen (secondary N) is 1. The van der Waals surface area contributed by atoms with Crippen LogP contribution in [0.3, 0.4) is 0 Å². The van der Waals surface area contributed by atoms with E-state index >= 15 is 0 Å². The summed E-state index contributed by atoms with van der Waals surface area (Å²) in [5, 5.41) is 10.9. The highest BCUT2D eigenvalue weighted by Crippen LogP contribution is 2.40. The number of H-pyrrole nitrogens is 1. The summed E-state index contributed by atoms with van der Waals surface area (Å²) in [6.07, 6.45) is 11.6. The predicted molar refractivity (Wildman–Crippen MR) is 122 cm³/mol. The largest absolute Gasteiger partial charge is 0.323 e. The predicted octanol–water partition coefficient (Wildman–Crippen LogP) is 4.03. The van der Waals surface area contributed by atoms with Crippen molar-refractivity contribution in [3.8, 4) is 0 Å². The minimum absolute atomic E-state index is 0.239. The van der Waals surface area contributed by atoms with Crippen LogP contribution in [-0.2, 0) is 6.54 Å². The molecule has 0 aromatic carbocycles. The number of carbonyl (C=O) groups excluding carboxylic acids is 1. The average molecular weight is 461 g/mol. The number of halogens is 1. The van der Waals surface area contributed by atoms with Crippen LogP contribution in [0.5, 0.6) is 0 Å². The fourth-order valence-corrected chi connectivity index (χ4v) is 4.34. The highest BCUT2D eigenvalue weighted by molar-refractivity contribution is 6.30. The molecule has 0 spiro atoms. The first-order valence-electron chi connectivity index (χ1n) is 10.8. The summed E-state index contributed by atoms with van der Waals surface area (Å²) in [5.41, 5.74) is 4.80. The first kappa shape index (κ1) is 19.9. The van der Waals surface area contributed by atoms with Gasteiger partial charge in [-0.2, -0.15) is 15.4 Å². The van der Waals surface area contributed by atoms with E-state index in [0.717, 1.165) is 22.6 Å². The molecule has 1 unspecified atom stereocenters. The zero-order chi connectivity index (χ0) is 22.5. The van der Waals surface area contributed by atoms with Crippen LogP contribution in [0.4, 0.5) is 0 Å². The van der Waals surface area contributed by atoms with Crippen molar-refractivity contribution in [2.45, 2.75) is 38.3 Å². The molecule has 5 aromatic heterocycles. The maximum atomic E-state index is 13.4. The quantitative estimate of drug-likeness (QED) is 0.412. The summed E-state index contributed by atoms with van der Waals surface area (Å²) >= 11 is 6.21. The molecule has 1 amide bonds. The Bertz CT molecular complexity index is 1470. The van der Waals surface area contributed by atoms with E-state index < -0.39 is 0 Å². The standard InChI is InChI=1S/C23H21ClN8O/c1-14(19-11-31-10-16(15-2-3-15)4-5-22(31)27-19)32(23(33)18-9-26-29-28-18)12-20-21-8-17(24)6-7-30(21)13-25-20/h4-11,13-15H,2-3,12H2,1H3,(H,26,28,29). The summed E-state index contributed by atoms with van der Waals surface area (Å²) in [6, 6.07) is 7.51. The van der Waals surface area contributed by atoms with Crippen molar-refractivity contribution < 1.29 is 4.79 Å². The molecule has 166 valence electrons. The van der Waals surface area contributed by atoms with Crippen LogP contribution in [0.25, 0.3) is 11.2 Å². The summed E-state index contributed by atoms with van der Waals surface area (Å²) < 4.78 is 3.93. The van der Waals surface area contributed by atoms with Crippen molar-refractivity contribution in [2.24, 2.45) is 0 Å². The second-order valence-corrected chi connectivity index (χ2v) is 8.90. The van der Waals surface area contributed by atoms with Gasteiger partial charge in [-0.05, 0) is 49.4 Å². The normalized spacial score (nSPS) is 14.7. The van der Waals surface area contributed by atoms with E-state index in [4.69, 9.17) is 16.6 Å². The smallest absolute Gasteiger partial charge is 0.276 e. The van der Waals surface area contributed by atoms with E-state index in [1.807, 2.05) is 40.3 Å². The SMILES string of the molecule is CC(c1cn2cc(C3CC3)ccc2n1)N(Cc1ncn2ccc(Cl)cc12)C(=O)c1cn[nH]n1. The number of hydrogen-bond acceptors (Lipinski definition) is 5. The minimum Gasteiger partial charge on any atom is -0.323 e. The molecule has 5 aromatic rings. The summed E-state index contributed by atoms with van der Waals surface area (Å²) in [6.45, 7) is 2.23. The number of rotatable bonds is 6. The lowest BCUT2D eigenvalue weighted by Crippen LogP contribution is -2.34. The lowest BCUT2D eigenvalue weighted by molar-refractivity contribution is 0.0663. The van der Waals surface area contributed by atoms with E-state index in [1.165, 1.54) is 24.6 Å². The Hall–Kier alpha value is -3.72. The van der Waals surface area contributed by atoms with Crippen molar-refractivity contribution in [3.05, 3.63) is 83.0 Å². The fraction of sp³-hybridized carbons (Fsp3) is 0.261. The van der Waals surface area contributed by atoms with E-state index in [2.05, 4.69) is 32.7 Å². The Labute approximate surface area is 194 Å². The number of carbonyl (C=O) groups is 1. The monoisotopic (exact) mass is 460 g/mol. The molecule has 10 heteroatoms. The van der Waals surface area contributed by atoms with Gasteiger partial charge in [0.1, 0.15) is 5.65 Å². The van der Waals surface area contributed by atoms with Gasteiger partial charge in [0.2, 0.25) is 0 Å². The molecule has 0 bridgehead atoms. The van der Waals surface area contributed by atoms with Gasteiger partial charge in [0.25, 0.3) is 5.91 Å². The van der Waals surface area contributed by atoms with Gasteiger partial charge in [0, 0.05) is 23.6 Å². The highest BCUT2D eigenvalue weighted by Gasteiger charge is 2.28. The summed E-state index contributed by atoms with van der Waals surface area (Å²) in [7, 11) is 0. The van der Waals surface area contributed by atoms with E-state index in [0.29, 0.717) is 10.9 Å². The molecule has 9 nitrogen and oxygen atoms in total. The Morgan fingerprint density at radius 2 is 2.15 bits per heavy atom. The van der Waals surface area contributed by atoms with Crippen LogP contribution >= 0.6 is 11.6 Å². The first-order chi connectivity index (χ1) is 16.1. The van der Waals surface area contributed by atoms with E-state index in [9.17, 15) is 4.79 Å². The van der Waals surface area contributed by atoms with Gasteiger partial charge in [0.15, 0.2) is 5.69 Å². The van der Waals surface area contributed by atoms with Crippen molar-refractivity contribution in [1.82, 2.24) is 39.1 Å². The number of pyridine rings is 2. The third kappa shape index (κ3) is 3.64. The number of fused-ring (bicyclic) bond motifs is 2. The van der Waals surface area contributed by atoms with Crippen LogP contribution in [-0.4, -0.2) is 45.0 Å². The zero-order valence-electron chi connectivity index (χ0n) is 17.9. The molecule has 0 aliphatic heterocycles. The minimum atomic E-state index is -0.325. The molecule has 1 N–H and O–H groups in total. The molecule has 1 fully saturated rings. The molecule has 0 saturated heterocycles. The maximum Gasteiger partial charge on any atom is 0.276 e. The molecule has 5 heterocycles. The van der Waals surface area contributed by atoms with Crippen molar-refractivity contribution in [3.63, 3.8) is 0 Å². The van der Waals surface area contributed by atoms with Crippen molar-refractivity contribution in [1.29, 1.82) is 0 Å². The van der Waals surface area contributed by atoms with Gasteiger partial charge >= 0.3 is 0 Å². The van der Waals surface area contributed by atoms with Gasteiger partial charge in [0.05, 0.1) is 42.0 Å². The zero-order valence-corrected chi connectivity index (χ0v) is 18.6. The molecule has 6 rings (SSSR count). The molecule has 1 aliphatic rings. The van der Waals surface area contributed by atoms with Gasteiger partial charge in [-0.15, -0.1) is 0 Å². The molecule has 33 heavy (non-hydrogen) atoms. The summed E-state index contributed by atoms with van der Waals surface area (Å²) in [5.74, 6) is 0.402. The van der Waals surface area contributed by atoms with Crippen LogP contribution in [0.2, 0.25) is 5.02 Å². The Morgan fingerprint density at radius 1 is 1.27 bits per heavy atom. The molecule has 1 saturated carbocycles. The van der Waals surface area contributed by atoms with Crippen LogP contribution in [0, 0.1) is 0 Å². The van der Waals surface area contributed by atoms with Gasteiger partial charge in [-0.25, -0.2) is 9.97 Å². The Kier molecular flexibility index (Phi) is 4.65. The van der Waals surface area contributed by atoms with E-state index in [1.54, 1.807) is 17.3 Å². The molecular formula is C23H21ClN8O. The maximum absolute atomic E-state index is 13.4. The molecular weight excluding hydrogens is 440 g/mol. The third-order valence-corrected chi connectivity index (χ3v) is 6.47. The number of imidazole rings is 2. The number of hydrogen-bond donors (Lipinski definition) is 1. The highest BCUT2D eigenvalue weighted by atomic mass is 35.5. The molecule has 1 aliphatic carbocycles. The molecule has 0 radical (unpaired) electrons. The van der Waals surface area contributed by atoms with Crippen LogP contribution < -0.4 is 0 Å². The van der Waals surface area contributed by atoms with E-state index in [-0.39, 0.29) is 24.2 Å². The Balaban J connectivity index is 1.38. The number of amides is 1. The van der Waals surface area contributed by atoms with Gasteiger partial charge < -0.3 is 13.7 Å². The topological polar surface area (TPSA) is 96.5 Å². The summed E-state index contributed by atoms with van der Waals surface area (Å²) in [4.78, 5) is 24.5. The van der Waals surface area contributed by atoms with Crippen LogP contribution in [0.1, 0.15) is 59.2 Å². The Morgan fingerprint density at radius 3 is 2.94 bits per heavy atom. The van der Waals surface area contributed by atoms with Crippen molar-refractivity contribution >= 4 is 28.7 Å². The third-order valence-electron chi connectivity index (χ3n) is 6.23. The lowest BCUT2D eigenvalue weighted by atomic mass is 10.1. The van der Waals surface area contributed by atoms with Gasteiger partial charge in [-0.1, -0.05) is 17.7 Å². The number of aromatic amines is 1. The lowest BCUT2D eigenvalue weighted by Gasteiger charge is -2.27. The second-order valence-electron chi connectivity index (χ2n) is 8.46. The number of nitrogens with zero attached hydrogens (tertiary/aromatic N) is 7. The van der Waals surface area contributed by atoms with Gasteiger partial charge in [-0.3, -0.25) is 4.79 Å². The number of aromatic nitrogens is 7.